The summed E-state index contributed by atoms with van der Waals surface area (Å²) in [5.41, 5.74) is 3.42. The highest BCUT2D eigenvalue weighted by molar-refractivity contribution is 7.71. The zero-order chi connectivity index (χ0) is 47.3. The first-order chi connectivity index (χ1) is 32.1. The Morgan fingerprint density at radius 3 is 2.31 bits per heavy atom. The molecule has 3 aliphatic rings. The fraction of sp³-hybridized carbons (Fsp3) is 0.408. The second kappa shape index (κ2) is 16.5. The number of aromatic amines is 1. The molecule has 0 radical (unpaired) electrons. The third-order valence-electron chi connectivity index (χ3n) is 14.7. The molecule has 350 valence electrons. The van der Waals surface area contributed by atoms with Crippen molar-refractivity contribution in [2.75, 3.05) is 44.4 Å². The molecule has 0 spiro atoms. The Kier molecular flexibility index (Phi) is 10.9. The van der Waals surface area contributed by atoms with Gasteiger partial charge in [0, 0.05) is 79.7 Å². The summed E-state index contributed by atoms with van der Waals surface area (Å²) in [5, 5.41) is 13.4. The van der Waals surface area contributed by atoms with Crippen LogP contribution in [0.2, 0.25) is 0 Å². The number of nitrogens with one attached hydrogen (secondary N) is 2. The number of carbonyl (C=O) groups excluding carboxylic acids is 1. The van der Waals surface area contributed by atoms with Gasteiger partial charge in [-0.15, -0.1) is 0 Å². The van der Waals surface area contributed by atoms with E-state index in [9.17, 15) is 14.2 Å². The maximum absolute atomic E-state index is 16.6. The van der Waals surface area contributed by atoms with Gasteiger partial charge in [0.05, 0.1) is 28.8 Å². The minimum absolute atomic E-state index is 0.00708. The van der Waals surface area contributed by atoms with Crippen molar-refractivity contribution in [2.45, 2.75) is 84.7 Å². The summed E-state index contributed by atoms with van der Waals surface area (Å²) in [6.07, 6.45) is 6.42. The first-order valence-electron chi connectivity index (χ1n) is 23.0. The number of hydrogen-bond acceptors (Lipinski definition) is 9. The van der Waals surface area contributed by atoms with Crippen molar-refractivity contribution in [2.24, 2.45) is 5.92 Å². The average Bonchev–Trinajstić information content (AvgIpc) is 3.82. The number of H-pyrrole nitrogens is 1. The molecule has 1 saturated heterocycles. The summed E-state index contributed by atoms with van der Waals surface area (Å²) < 4.78 is 62.5. The number of fused-ring (bicyclic) bond motifs is 2. The molecule has 3 unspecified atom stereocenters. The topological polar surface area (TPSA) is 167 Å². The van der Waals surface area contributed by atoms with Gasteiger partial charge in [0.15, 0.2) is 11.6 Å². The summed E-state index contributed by atoms with van der Waals surface area (Å²) in [6.45, 7) is 12.6. The van der Waals surface area contributed by atoms with Crippen LogP contribution in [0.25, 0.3) is 28.1 Å². The lowest BCUT2D eigenvalue weighted by Crippen LogP contribution is -2.41. The third-order valence-corrected chi connectivity index (χ3v) is 18.0. The predicted molar refractivity (Wildman–Crippen MR) is 252 cm³/mol. The van der Waals surface area contributed by atoms with E-state index in [-0.39, 0.29) is 35.6 Å². The van der Waals surface area contributed by atoms with Crippen LogP contribution in [-0.2, 0) is 21.3 Å². The number of imidazole rings is 1. The Balaban J connectivity index is 1.12. The number of benzene rings is 3. The zero-order valence-electron chi connectivity index (χ0n) is 38.7. The van der Waals surface area contributed by atoms with Crippen molar-refractivity contribution in [1.29, 1.82) is 0 Å². The molecule has 2 N–H and O–H groups in total. The molecule has 7 aromatic rings. The largest absolute Gasteiger partial charge is 0.438 e. The van der Waals surface area contributed by atoms with Crippen LogP contribution < -0.4 is 22.1 Å². The molecule has 1 amide bonds. The van der Waals surface area contributed by atoms with E-state index in [0.29, 0.717) is 95.0 Å². The maximum Gasteiger partial charge on any atom is 0.438 e. The summed E-state index contributed by atoms with van der Waals surface area (Å²) in [5.74, 6) is -1.08. The molecule has 15 nitrogen and oxygen atoms in total. The highest BCUT2D eigenvalue weighted by atomic mass is 31.2. The van der Waals surface area contributed by atoms with Crippen LogP contribution in [0.15, 0.2) is 75.0 Å². The van der Waals surface area contributed by atoms with Gasteiger partial charge in [-0.05, 0) is 111 Å². The SMILES string of the molecule is CCP(=O)(CC)c1ccc(-n2ccn(-c3c4c(nn3-c3cc(C)c(F)c(C)c3)CCN(C(=O)c3cc5cc(C6CCOCC6)ccc5n3C3(c5noc(=O)[nH]5)CC3C)C4C)c2=O)c(F)c1NC. The lowest BCUT2D eigenvalue weighted by molar-refractivity contribution is 0.0663. The minimum atomic E-state index is -2.92. The molecule has 2 aliphatic heterocycles. The Morgan fingerprint density at radius 2 is 1.67 bits per heavy atom. The highest BCUT2D eigenvalue weighted by Crippen LogP contribution is 2.56. The molecular weight excluding hydrogens is 880 g/mol. The number of aromatic nitrogens is 7. The van der Waals surface area contributed by atoms with E-state index >= 15 is 13.6 Å². The molecule has 67 heavy (non-hydrogen) atoms. The van der Waals surface area contributed by atoms with Crippen molar-refractivity contribution in [3.63, 3.8) is 0 Å². The normalized spacial score (nSPS) is 19.9. The standard InChI is InChI=1S/C49H54F2N9O6P/c1-8-67(64,9-2)39-13-12-37(42(51)43(39)52-7)57-18-19-58(48(57)63)44-40-30(6)56(17-14-35(40)54-60(44)34-22-27(3)41(50)28(4)23-34)45(61)38-25-33-24-32(31-15-20-65-21-16-31)10-11-36(33)59(38)49(26-29(49)5)46-53-47(62)66-55-46/h10-13,18-19,22-25,29-31,52H,8-9,14-17,20-21,26H2,1-7H3,(H,53,55,62). The molecule has 18 heteroatoms. The fourth-order valence-corrected chi connectivity index (χ4v) is 12.9. The zero-order valence-corrected chi connectivity index (χ0v) is 39.5. The summed E-state index contributed by atoms with van der Waals surface area (Å²) >= 11 is 0. The predicted octanol–water partition coefficient (Wildman–Crippen LogP) is 7.85. The van der Waals surface area contributed by atoms with Gasteiger partial charge in [-0.3, -0.25) is 23.4 Å². The molecular formula is C49H54F2N9O6P. The minimum Gasteiger partial charge on any atom is -0.385 e. The molecule has 1 aliphatic carbocycles. The number of ether oxygens (including phenoxy) is 1. The van der Waals surface area contributed by atoms with Gasteiger partial charge in [0.2, 0.25) is 0 Å². The van der Waals surface area contributed by atoms with Crippen LogP contribution >= 0.6 is 7.14 Å². The molecule has 4 aromatic heterocycles. The molecule has 3 aromatic carbocycles. The summed E-state index contributed by atoms with van der Waals surface area (Å²) in [4.78, 5) is 47.3. The molecule has 0 bridgehead atoms. The number of aryl methyl sites for hydroxylation is 2. The first-order valence-corrected chi connectivity index (χ1v) is 25.1. The Bertz CT molecular complexity index is 3270. The van der Waals surface area contributed by atoms with Crippen molar-refractivity contribution in [3.8, 4) is 17.2 Å². The number of carbonyl (C=O) groups is 1. The van der Waals surface area contributed by atoms with E-state index in [4.69, 9.17) is 14.4 Å². The monoisotopic (exact) mass is 933 g/mol. The molecule has 3 atom stereocenters. The van der Waals surface area contributed by atoms with Crippen LogP contribution in [0, 0.1) is 31.4 Å². The Hall–Kier alpha value is -6.32. The van der Waals surface area contributed by atoms with Gasteiger partial charge in [0.25, 0.3) is 5.91 Å². The van der Waals surface area contributed by atoms with Crippen molar-refractivity contribution in [3.05, 3.63) is 133 Å². The van der Waals surface area contributed by atoms with Crippen LogP contribution in [0.1, 0.15) is 103 Å². The smallest absolute Gasteiger partial charge is 0.385 e. The Morgan fingerprint density at radius 1 is 0.970 bits per heavy atom. The van der Waals surface area contributed by atoms with Gasteiger partial charge in [-0.2, -0.15) is 5.10 Å². The lowest BCUT2D eigenvalue weighted by Gasteiger charge is -2.34. The second-order valence-corrected chi connectivity index (χ2v) is 21.9. The van der Waals surface area contributed by atoms with Crippen LogP contribution in [0.4, 0.5) is 14.5 Å². The van der Waals surface area contributed by atoms with Crippen LogP contribution in [-0.4, -0.2) is 83.6 Å². The van der Waals surface area contributed by atoms with E-state index in [0.717, 1.165) is 29.3 Å². The van der Waals surface area contributed by atoms with Crippen LogP contribution in [0.5, 0.6) is 0 Å². The number of amides is 1. The highest BCUT2D eigenvalue weighted by Gasteiger charge is 2.59. The van der Waals surface area contributed by atoms with E-state index < -0.39 is 36.0 Å². The second-order valence-electron chi connectivity index (χ2n) is 18.3. The van der Waals surface area contributed by atoms with E-state index in [1.807, 2.05) is 37.5 Å². The van der Waals surface area contributed by atoms with Crippen molar-refractivity contribution >= 4 is 34.9 Å². The molecule has 1 saturated carbocycles. The van der Waals surface area contributed by atoms with Gasteiger partial charge >= 0.3 is 11.4 Å². The van der Waals surface area contributed by atoms with Gasteiger partial charge in [-0.25, -0.2) is 23.1 Å². The van der Waals surface area contributed by atoms with E-state index in [1.54, 1.807) is 48.7 Å². The number of rotatable bonds is 11. The fourth-order valence-electron chi connectivity index (χ4n) is 10.8. The molecule has 6 heterocycles. The van der Waals surface area contributed by atoms with Crippen LogP contribution in [0.3, 0.4) is 0 Å². The maximum atomic E-state index is 16.6. The van der Waals surface area contributed by atoms with Crippen molar-refractivity contribution < 1.29 is 27.4 Å². The molecule has 2 fully saturated rings. The van der Waals surface area contributed by atoms with Gasteiger partial charge < -0.3 is 24.1 Å². The number of halogens is 2. The number of anilines is 1. The van der Waals surface area contributed by atoms with Gasteiger partial charge in [0.1, 0.15) is 30.0 Å². The Labute approximate surface area is 385 Å². The van der Waals surface area contributed by atoms with Gasteiger partial charge in [-0.1, -0.05) is 32.0 Å². The summed E-state index contributed by atoms with van der Waals surface area (Å²) in [6, 6.07) is 14.0. The number of hydrogen-bond donors (Lipinski definition) is 2. The first kappa shape index (κ1) is 44.5. The average molecular weight is 934 g/mol. The van der Waals surface area contributed by atoms with E-state index in [2.05, 4.69) is 34.5 Å². The lowest BCUT2D eigenvalue weighted by atomic mass is 9.91. The summed E-state index contributed by atoms with van der Waals surface area (Å²) in [7, 11) is -1.36. The number of nitrogens with zero attached hydrogens (tertiary/aromatic N) is 7. The van der Waals surface area contributed by atoms with E-state index in [1.165, 1.54) is 27.6 Å². The van der Waals surface area contributed by atoms with Crippen molar-refractivity contribution in [1.82, 2.24) is 38.5 Å². The quantitative estimate of drug-likeness (QED) is 0.123. The molecule has 10 rings (SSSR count). The third kappa shape index (κ3) is 6.90.